The van der Waals surface area contributed by atoms with Crippen molar-refractivity contribution in [2.75, 3.05) is 23.3 Å². The highest BCUT2D eigenvalue weighted by molar-refractivity contribution is 7.80. The number of carbonyl (C=O) groups excluding carboxylic acids is 1. The van der Waals surface area contributed by atoms with Crippen LogP contribution in [0.4, 0.5) is 11.4 Å². The summed E-state index contributed by atoms with van der Waals surface area (Å²) in [6, 6.07) is 23.3. The van der Waals surface area contributed by atoms with Gasteiger partial charge < -0.3 is 20.0 Å². The third-order valence-electron chi connectivity index (χ3n) is 5.35. The van der Waals surface area contributed by atoms with E-state index in [4.69, 9.17) is 16.6 Å². The van der Waals surface area contributed by atoms with Crippen LogP contribution in [0.3, 0.4) is 0 Å². The van der Waals surface area contributed by atoms with Crippen LogP contribution in [0.2, 0.25) is 0 Å². The van der Waals surface area contributed by atoms with Gasteiger partial charge in [-0.3, -0.25) is 4.79 Å². The topological polar surface area (TPSA) is 70.4 Å². The second-order valence-electron chi connectivity index (χ2n) is 7.59. The van der Waals surface area contributed by atoms with E-state index in [-0.39, 0.29) is 17.4 Å². The van der Waals surface area contributed by atoms with E-state index in [1.54, 1.807) is 0 Å². The van der Waals surface area contributed by atoms with Gasteiger partial charge in [0.25, 0.3) is 0 Å². The lowest BCUT2D eigenvalue weighted by Gasteiger charge is -2.20. The van der Waals surface area contributed by atoms with Crippen molar-refractivity contribution in [3.05, 3.63) is 78.4 Å². The first-order valence-corrected chi connectivity index (χ1v) is 11.4. The molecule has 1 amide bonds. The van der Waals surface area contributed by atoms with Gasteiger partial charge in [0.1, 0.15) is 5.52 Å². The zero-order valence-electron chi connectivity index (χ0n) is 18.7. The van der Waals surface area contributed by atoms with E-state index in [0.717, 1.165) is 29.9 Å². The summed E-state index contributed by atoms with van der Waals surface area (Å²) in [6.45, 7) is 6.21. The number of aromatic nitrogens is 1. The van der Waals surface area contributed by atoms with Crippen LogP contribution in [0.15, 0.2) is 77.2 Å². The van der Waals surface area contributed by atoms with Crippen molar-refractivity contribution in [2.45, 2.75) is 20.3 Å². The van der Waals surface area contributed by atoms with Gasteiger partial charge in [-0.2, -0.15) is 0 Å². The second-order valence-corrected chi connectivity index (χ2v) is 7.99. The summed E-state index contributed by atoms with van der Waals surface area (Å²) in [6.07, 6.45) is 0.265. The molecule has 0 atom stereocenters. The quantitative estimate of drug-likeness (QED) is 0.362. The molecule has 0 fully saturated rings. The normalized spacial score (nSPS) is 10.7. The third kappa shape index (κ3) is 5.56. The van der Waals surface area contributed by atoms with E-state index in [1.807, 2.05) is 60.7 Å². The van der Waals surface area contributed by atoms with Crippen molar-refractivity contribution in [2.24, 2.45) is 0 Å². The molecular formula is C26H26N4O2S. The highest BCUT2D eigenvalue weighted by Crippen LogP contribution is 2.27. The van der Waals surface area contributed by atoms with Crippen LogP contribution in [0.25, 0.3) is 22.6 Å². The Balaban J connectivity index is 1.42. The first kappa shape index (κ1) is 22.5. The predicted molar refractivity (Wildman–Crippen MR) is 138 cm³/mol. The van der Waals surface area contributed by atoms with Crippen LogP contribution in [0, 0.1) is 0 Å². The molecule has 7 heteroatoms. The van der Waals surface area contributed by atoms with Crippen molar-refractivity contribution in [1.82, 2.24) is 10.3 Å². The van der Waals surface area contributed by atoms with Gasteiger partial charge in [-0.15, -0.1) is 0 Å². The Hall–Kier alpha value is -3.71. The van der Waals surface area contributed by atoms with Gasteiger partial charge in [0.2, 0.25) is 11.8 Å². The van der Waals surface area contributed by atoms with Crippen molar-refractivity contribution in [1.29, 1.82) is 0 Å². The number of fused-ring (bicyclic) bond motifs is 1. The fourth-order valence-corrected chi connectivity index (χ4v) is 3.88. The van der Waals surface area contributed by atoms with Crippen molar-refractivity contribution < 1.29 is 9.21 Å². The van der Waals surface area contributed by atoms with Gasteiger partial charge >= 0.3 is 0 Å². The van der Waals surface area contributed by atoms with Crippen LogP contribution in [-0.4, -0.2) is 29.1 Å². The molecule has 2 N–H and O–H groups in total. The molecule has 3 aromatic carbocycles. The summed E-state index contributed by atoms with van der Waals surface area (Å²) < 4.78 is 5.94. The van der Waals surface area contributed by atoms with Crippen LogP contribution in [0.5, 0.6) is 0 Å². The van der Waals surface area contributed by atoms with Crippen molar-refractivity contribution >= 4 is 45.7 Å². The molecule has 0 radical (unpaired) electrons. The number of carbonyl (C=O) groups is 1. The lowest BCUT2D eigenvalue weighted by Crippen LogP contribution is -2.35. The summed E-state index contributed by atoms with van der Waals surface area (Å²) in [4.78, 5) is 19.1. The SMILES string of the molecule is CCN(CC)c1ccc(-c2nc3cc(NC(=S)NC(=O)Cc4ccccc4)ccc3o2)cc1. The summed E-state index contributed by atoms with van der Waals surface area (Å²) >= 11 is 5.30. The lowest BCUT2D eigenvalue weighted by atomic mass is 10.1. The molecule has 6 nitrogen and oxygen atoms in total. The number of benzene rings is 3. The fraction of sp³-hybridized carbons (Fsp3) is 0.192. The molecular weight excluding hydrogens is 432 g/mol. The van der Waals surface area contributed by atoms with Gasteiger partial charge in [-0.05, 0) is 74.1 Å². The largest absolute Gasteiger partial charge is 0.436 e. The molecule has 1 heterocycles. The zero-order valence-corrected chi connectivity index (χ0v) is 19.5. The minimum atomic E-state index is -0.170. The first-order valence-electron chi connectivity index (χ1n) is 11.0. The van der Waals surface area contributed by atoms with Crippen LogP contribution in [0.1, 0.15) is 19.4 Å². The van der Waals surface area contributed by atoms with Crippen molar-refractivity contribution in [3.8, 4) is 11.5 Å². The molecule has 168 valence electrons. The average molecular weight is 459 g/mol. The van der Waals surface area contributed by atoms with E-state index in [1.165, 1.54) is 5.69 Å². The predicted octanol–water partition coefficient (Wildman–Crippen LogP) is 5.40. The number of rotatable bonds is 7. The molecule has 0 saturated heterocycles. The molecule has 4 rings (SSSR count). The molecule has 1 aromatic heterocycles. The monoisotopic (exact) mass is 458 g/mol. The van der Waals surface area contributed by atoms with Crippen LogP contribution in [-0.2, 0) is 11.2 Å². The first-order chi connectivity index (χ1) is 16.1. The standard InChI is InChI=1S/C26H26N4O2S/c1-3-30(4-2)21-13-10-19(11-14-21)25-28-22-17-20(12-15-23(22)32-25)27-26(33)29-24(31)16-18-8-6-5-7-9-18/h5-15,17H,3-4,16H2,1-2H3,(H2,27,29,31,33). The zero-order chi connectivity index (χ0) is 23.2. The van der Waals surface area contributed by atoms with E-state index in [9.17, 15) is 4.79 Å². The minimum absolute atomic E-state index is 0.170. The Labute approximate surface area is 198 Å². The fourth-order valence-electron chi connectivity index (χ4n) is 3.65. The van der Waals surface area contributed by atoms with E-state index in [0.29, 0.717) is 17.0 Å². The molecule has 0 bridgehead atoms. The van der Waals surface area contributed by atoms with E-state index in [2.05, 4.69) is 46.5 Å². The number of oxazole rings is 1. The Bertz CT molecular complexity index is 1250. The average Bonchev–Trinajstić information content (AvgIpc) is 3.24. The summed E-state index contributed by atoms with van der Waals surface area (Å²) in [7, 11) is 0. The van der Waals surface area contributed by atoms with Crippen LogP contribution < -0.4 is 15.5 Å². The van der Waals surface area contributed by atoms with Gasteiger partial charge in [0, 0.05) is 30.0 Å². The highest BCUT2D eigenvalue weighted by Gasteiger charge is 2.11. The number of amides is 1. The lowest BCUT2D eigenvalue weighted by molar-refractivity contribution is -0.119. The maximum atomic E-state index is 12.2. The molecule has 0 aliphatic carbocycles. The Morgan fingerprint density at radius 1 is 1.00 bits per heavy atom. The van der Waals surface area contributed by atoms with E-state index < -0.39 is 0 Å². The van der Waals surface area contributed by atoms with Gasteiger partial charge in [0.05, 0.1) is 6.42 Å². The Morgan fingerprint density at radius 3 is 2.42 bits per heavy atom. The molecule has 0 spiro atoms. The highest BCUT2D eigenvalue weighted by atomic mass is 32.1. The number of hydrogen-bond acceptors (Lipinski definition) is 5. The van der Waals surface area contributed by atoms with Crippen molar-refractivity contribution in [3.63, 3.8) is 0 Å². The molecule has 33 heavy (non-hydrogen) atoms. The minimum Gasteiger partial charge on any atom is -0.436 e. The number of nitrogens with zero attached hydrogens (tertiary/aromatic N) is 2. The van der Waals surface area contributed by atoms with E-state index >= 15 is 0 Å². The third-order valence-corrected chi connectivity index (χ3v) is 5.55. The summed E-state index contributed by atoms with van der Waals surface area (Å²) in [5, 5.41) is 6.00. The summed E-state index contributed by atoms with van der Waals surface area (Å²) in [5.74, 6) is 0.392. The second kappa shape index (κ2) is 10.3. The summed E-state index contributed by atoms with van der Waals surface area (Å²) in [5.41, 5.74) is 5.14. The Morgan fingerprint density at radius 2 is 1.73 bits per heavy atom. The molecule has 4 aromatic rings. The number of thiocarbonyl (C=S) groups is 1. The molecule has 0 saturated carbocycles. The molecule has 0 aliphatic rings. The number of hydrogen-bond donors (Lipinski definition) is 2. The maximum absolute atomic E-state index is 12.2. The smallest absolute Gasteiger partial charge is 0.230 e. The van der Waals surface area contributed by atoms with Gasteiger partial charge in [-0.1, -0.05) is 30.3 Å². The number of nitrogens with one attached hydrogen (secondary N) is 2. The maximum Gasteiger partial charge on any atom is 0.230 e. The molecule has 0 aliphatic heterocycles. The van der Waals surface area contributed by atoms with Gasteiger partial charge in [-0.25, -0.2) is 4.98 Å². The Kier molecular flexibility index (Phi) is 7.00. The van der Waals surface area contributed by atoms with Crippen LogP contribution >= 0.6 is 12.2 Å². The van der Waals surface area contributed by atoms with Gasteiger partial charge in [0.15, 0.2) is 10.7 Å². The molecule has 0 unspecified atom stereocenters. The number of anilines is 2.